The fourth-order valence-corrected chi connectivity index (χ4v) is 4.15. The van der Waals surface area contributed by atoms with Gasteiger partial charge in [-0.15, -0.1) is 0 Å². The van der Waals surface area contributed by atoms with Crippen LogP contribution in [0.25, 0.3) is 5.65 Å². The molecule has 0 spiro atoms. The molecular weight excluding hydrogens is 420 g/mol. The van der Waals surface area contributed by atoms with Crippen LogP contribution in [0.2, 0.25) is 0 Å². The SMILES string of the molecule is CCOc1cc(N2CCOCC2)c(OCC)cc1NC(=O)CCc1c(C)nc2ccccn12. The van der Waals surface area contributed by atoms with Crippen LogP contribution in [0.5, 0.6) is 11.5 Å². The number of aromatic nitrogens is 2. The van der Waals surface area contributed by atoms with Crippen molar-refractivity contribution in [1.29, 1.82) is 0 Å². The summed E-state index contributed by atoms with van der Waals surface area (Å²) in [5.74, 6) is 1.29. The summed E-state index contributed by atoms with van der Waals surface area (Å²) in [4.78, 5) is 19.7. The average molecular weight is 453 g/mol. The quantitative estimate of drug-likeness (QED) is 0.531. The second-order valence-corrected chi connectivity index (χ2v) is 7.90. The second-order valence-electron chi connectivity index (χ2n) is 7.90. The highest BCUT2D eigenvalue weighted by molar-refractivity contribution is 5.93. The number of amides is 1. The molecule has 0 unspecified atom stereocenters. The molecule has 2 aromatic heterocycles. The van der Waals surface area contributed by atoms with Crippen molar-refractivity contribution in [3.63, 3.8) is 0 Å². The Morgan fingerprint density at radius 3 is 2.64 bits per heavy atom. The molecule has 0 aliphatic carbocycles. The van der Waals surface area contributed by atoms with Crippen LogP contribution in [0.15, 0.2) is 36.5 Å². The van der Waals surface area contributed by atoms with Gasteiger partial charge in [0.05, 0.1) is 43.5 Å². The Labute approximate surface area is 194 Å². The minimum absolute atomic E-state index is 0.0807. The molecule has 0 radical (unpaired) electrons. The maximum atomic E-state index is 12.9. The fraction of sp³-hybridized carbons (Fsp3) is 0.440. The van der Waals surface area contributed by atoms with Gasteiger partial charge in [0.1, 0.15) is 17.1 Å². The third-order valence-electron chi connectivity index (χ3n) is 5.70. The fourth-order valence-electron chi connectivity index (χ4n) is 4.15. The van der Waals surface area contributed by atoms with Crippen molar-refractivity contribution in [2.24, 2.45) is 0 Å². The number of hydrogen-bond donors (Lipinski definition) is 1. The van der Waals surface area contributed by atoms with E-state index in [2.05, 4.69) is 15.2 Å². The van der Waals surface area contributed by atoms with Crippen LogP contribution in [0.4, 0.5) is 11.4 Å². The molecule has 1 amide bonds. The number of nitrogens with one attached hydrogen (secondary N) is 1. The lowest BCUT2D eigenvalue weighted by Crippen LogP contribution is -2.36. The molecule has 1 saturated heterocycles. The summed E-state index contributed by atoms with van der Waals surface area (Å²) < 4.78 is 19.3. The lowest BCUT2D eigenvalue weighted by Gasteiger charge is -2.31. The first kappa shape index (κ1) is 22.9. The number of imidazole rings is 1. The Morgan fingerprint density at radius 2 is 1.88 bits per heavy atom. The van der Waals surface area contributed by atoms with E-state index in [1.165, 1.54) is 0 Å². The average Bonchev–Trinajstić information content (AvgIpc) is 3.15. The summed E-state index contributed by atoms with van der Waals surface area (Å²) in [6, 6.07) is 9.73. The van der Waals surface area contributed by atoms with Gasteiger partial charge in [-0.05, 0) is 39.3 Å². The highest BCUT2D eigenvalue weighted by Crippen LogP contribution is 2.39. The number of morpholine rings is 1. The number of ether oxygens (including phenoxy) is 3. The van der Waals surface area contributed by atoms with Crippen LogP contribution in [-0.2, 0) is 16.0 Å². The van der Waals surface area contributed by atoms with E-state index in [1.807, 2.05) is 61.7 Å². The summed E-state index contributed by atoms with van der Waals surface area (Å²) in [6.45, 7) is 9.83. The molecule has 0 atom stereocenters. The van der Waals surface area contributed by atoms with E-state index in [0.717, 1.165) is 41.6 Å². The number of anilines is 2. The van der Waals surface area contributed by atoms with Gasteiger partial charge in [-0.1, -0.05) is 6.07 Å². The van der Waals surface area contributed by atoms with E-state index in [-0.39, 0.29) is 5.91 Å². The summed E-state index contributed by atoms with van der Waals surface area (Å²) >= 11 is 0. The molecule has 4 rings (SSSR count). The first-order valence-electron chi connectivity index (χ1n) is 11.6. The first-order chi connectivity index (χ1) is 16.1. The number of carbonyl (C=O) groups excluding carboxylic acids is 1. The lowest BCUT2D eigenvalue weighted by atomic mass is 10.1. The molecule has 3 heterocycles. The van der Waals surface area contributed by atoms with E-state index in [1.54, 1.807) is 0 Å². The normalized spacial score (nSPS) is 13.8. The van der Waals surface area contributed by atoms with E-state index in [0.29, 0.717) is 50.7 Å². The Morgan fingerprint density at radius 1 is 1.12 bits per heavy atom. The molecule has 1 aromatic carbocycles. The molecule has 1 N–H and O–H groups in total. The smallest absolute Gasteiger partial charge is 0.224 e. The first-order valence-corrected chi connectivity index (χ1v) is 11.6. The van der Waals surface area contributed by atoms with E-state index >= 15 is 0 Å². The highest BCUT2D eigenvalue weighted by atomic mass is 16.5. The zero-order valence-corrected chi connectivity index (χ0v) is 19.6. The number of pyridine rings is 1. The van der Waals surface area contributed by atoms with Gasteiger partial charge in [-0.2, -0.15) is 0 Å². The van der Waals surface area contributed by atoms with E-state index in [4.69, 9.17) is 14.2 Å². The van der Waals surface area contributed by atoms with Gasteiger partial charge in [0.15, 0.2) is 0 Å². The number of fused-ring (bicyclic) bond motifs is 1. The number of aryl methyl sites for hydroxylation is 2. The third-order valence-corrected chi connectivity index (χ3v) is 5.70. The van der Waals surface area contributed by atoms with Crippen LogP contribution in [-0.4, -0.2) is 54.8 Å². The number of nitrogens with zero attached hydrogens (tertiary/aromatic N) is 3. The maximum absolute atomic E-state index is 12.9. The maximum Gasteiger partial charge on any atom is 0.224 e. The Balaban J connectivity index is 1.53. The zero-order valence-electron chi connectivity index (χ0n) is 19.6. The van der Waals surface area contributed by atoms with Crippen LogP contribution in [0.3, 0.4) is 0 Å². The van der Waals surface area contributed by atoms with Crippen molar-refractivity contribution in [3.05, 3.63) is 47.9 Å². The van der Waals surface area contributed by atoms with Gasteiger partial charge in [-0.3, -0.25) is 4.79 Å². The highest BCUT2D eigenvalue weighted by Gasteiger charge is 2.20. The molecular formula is C25H32N4O4. The van der Waals surface area contributed by atoms with Crippen molar-refractivity contribution in [1.82, 2.24) is 9.38 Å². The standard InChI is InChI=1S/C25H32N4O4/c1-4-32-22-17-21(28-12-14-31-15-13-28)23(33-5-2)16-19(22)27-25(30)10-9-20-18(3)26-24-8-6-7-11-29(20)24/h6-8,11,16-17H,4-5,9-10,12-15H2,1-3H3,(H,27,30). The molecule has 33 heavy (non-hydrogen) atoms. The molecule has 0 saturated carbocycles. The molecule has 8 heteroatoms. The summed E-state index contributed by atoms with van der Waals surface area (Å²) in [5.41, 5.74) is 4.46. The van der Waals surface area contributed by atoms with Gasteiger partial charge < -0.3 is 28.8 Å². The summed E-state index contributed by atoms with van der Waals surface area (Å²) in [6.07, 6.45) is 2.91. The van der Waals surface area contributed by atoms with Crippen molar-refractivity contribution in [2.45, 2.75) is 33.6 Å². The predicted octanol–water partition coefficient (Wildman–Crippen LogP) is 3.85. The van der Waals surface area contributed by atoms with Gasteiger partial charge in [0.2, 0.25) is 5.91 Å². The summed E-state index contributed by atoms with van der Waals surface area (Å²) in [5, 5.41) is 3.04. The van der Waals surface area contributed by atoms with E-state index in [9.17, 15) is 4.79 Å². The number of rotatable bonds is 9. The predicted molar refractivity (Wildman–Crippen MR) is 129 cm³/mol. The molecule has 1 fully saturated rings. The van der Waals surface area contributed by atoms with Gasteiger partial charge >= 0.3 is 0 Å². The van der Waals surface area contributed by atoms with Crippen LogP contribution in [0, 0.1) is 6.92 Å². The molecule has 1 aliphatic rings. The lowest BCUT2D eigenvalue weighted by molar-refractivity contribution is -0.116. The zero-order chi connectivity index (χ0) is 23.2. The topological polar surface area (TPSA) is 77.3 Å². The van der Waals surface area contributed by atoms with Crippen LogP contribution >= 0.6 is 0 Å². The van der Waals surface area contributed by atoms with Crippen molar-refractivity contribution >= 4 is 22.9 Å². The Bertz CT molecular complexity index is 1110. The molecule has 1 aliphatic heterocycles. The van der Waals surface area contributed by atoms with Gasteiger partial charge in [0.25, 0.3) is 0 Å². The van der Waals surface area contributed by atoms with Crippen LogP contribution in [0.1, 0.15) is 31.7 Å². The minimum atomic E-state index is -0.0807. The second kappa shape index (κ2) is 10.6. The summed E-state index contributed by atoms with van der Waals surface area (Å²) in [7, 11) is 0. The van der Waals surface area contributed by atoms with Crippen molar-refractivity contribution < 1.29 is 19.0 Å². The molecule has 8 nitrogen and oxygen atoms in total. The Hall–Kier alpha value is -3.26. The number of hydrogen-bond acceptors (Lipinski definition) is 6. The third kappa shape index (κ3) is 5.22. The van der Waals surface area contributed by atoms with Gasteiger partial charge in [0, 0.05) is 43.5 Å². The van der Waals surface area contributed by atoms with E-state index < -0.39 is 0 Å². The number of benzene rings is 1. The largest absolute Gasteiger partial charge is 0.492 e. The molecule has 0 bridgehead atoms. The molecule has 3 aromatic rings. The van der Waals surface area contributed by atoms with Crippen molar-refractivity contribution in [2.75, 3.05) is 49.7 Å². The van der Waals surface area contributed by atoms with Crippen LogP contribution < -0.4 is 19.7 Å². The Kier molecular flexibility index (Phi) is 7.34. The monoisotopic (exact) mass is 452 g/mol. The van der Waals surface area contributed by atoms with Gasteiger partial charge in [-0.25, -0.2) is 4.98 Å². The minimum Gasteiger partial charge on any atom is -0.492 e. The number of carbonyl (C=O) groups is 1. The molecule has 176 valence electrons. The van der Waals surface area contributed by atoms with Crippen molar-refractivity contribution in [3.8, 4) is 11.5 Å².